The quantitative estimate of drug-likeness (QED) is 0.719. The molecular weight excluding hydrogens is 192 g/mol. The topological polar surface area (TPSA) is 64.3 Å². The van der Waals surface area contributed by atoms with Crippen LogP contribution in [0.1, 0.15) is 11.1 Å². The molecule has 4 heteroatoms. The fraction of sp³-hybridized carbons (Fsp3) is 0.364. The van der Waals surface area contributed by atoms with E-state index in [-0.39, 0.29) is 12.5 Å². The summed E-state index contributed by atoms with van der Waals surface area (Å²) in [6.07, 6.45) is -0.570. The van der Waals surface area contributed by atoms with Gasteiger partial charge in [-0.15, -0.1) is 0 Å². The van der Waals surface area contributed by atoms with E-state index >= 15 is 0 Å². The normalized spacial score (nSPS) is 19.1. The van der Waals surface area contributed by atoms with Crippen LogP contribution < -0.4 is 15.8 Å². The van der Waals surface area contributed by atoms with E-state index in [0.717, 1.165) is 16.8 Å². The maximum absolute atomic E-state index is 11.5. The number of carbonyl (C=O) groups is 1. The fourth-order valence-corrected chi connectivity index (χ4v) is 1.56. The molecule has 80 valence electrons. The number of hydrogen-bond acceptors (Lipinski definition) is 3. The van der Waals surface area contributed by atoms with Crippen LogP contribution in [-0.2, 0) is 4.79 Å². The summed E-state index contributed by atoms with van der Waals surface area (Å²) in [6.45, 7) is 4.20. The van der Waals surface area contributed by atoms with Crippen LogP contribution in [-0.4, -0.2) is 18.6 Å². The standard InChI is InChI=1S/C11H14N2O2/c1-6-3-8-9(4-7(6)2)15-10(5-12)11(14)13-8/h3-4,10H,5,12H2,1-2H3,(H,13,14). The van der Waals surface area contributed by atoms with E-state index in [9.17, 15) is 4.79 Å². The second-order valence-corrected chi connectivity index (χ2v) is 3.76. The third-order valence-electron chi connectivity index (χ3n) is 2.63. The highest BCUT2D eigenvalue weighted by molar-refractivity contribution is 5.98. The third-order valence-corrected chi connectivity index (χ3v) is 2.63. The molecule has 0 aromatic heterocycles. The van der Waals surface area contributed by atoms with Crippen molar-refractivity contribution in [2.24, 2.45) is 5.73 Å². The largest absolute Gasteiger partial charge is 0.477 e. The molecule has 0 bridgehead atoms. The fourth-order valence-electron chi connectivity index (χ4n) is 1.56. The molecule has 0 fully saturated rings. The van der Waals surface area contributed by atoms with E-state index in [0.29, 0.717) is 5.75 Å². The summed E-state index contributed by atoms with van der Waals surface area (Å²) in [7, 11) is 0. The number of amides is 1. The summed E-state index contributed by atoms with van der Waals surface area (Å²) in [6, 6.07) is 3.84. The molecule has 15 heavy (non-hydrogen) atoms. The minimum Gasteiger partial charge on any atom is -0.477 e. The molecule has 1 aromatic rings. The number of benzene rings is 1. The highest BCUT2D eigenvalue weighted by Gasteiger charge is 2.26. The summed E-state index contributed by atoms with van der Waals surface area (Å²) in [5.41, 5.74) is 8.43. The number of hydrogen-bond donors (Lipinski definition) is 2. The Morgan fingerprint density at radius 2 is 2.07 bits per heavy atom. The molecule has 1 aliphatic rings. The molecule has 0 saturated heterocycles. The van der Waals surface area contributed by atoms with E-state index in [2.05, 4.69) is 5.32 Å². The molecule has 1 atom stereocenters. The minimum atomic E-state index is -0.570. The molecule has 0 saturated carbocycles. The van der Waals surface area contributed by atoms with Crippen molar-refractivity contribution in [3.8, 4) is 5.75 Å². The molecule has 1 aromatic carbocycles. The molecule has 1 unspecified atom stereocenters. The average Bonchev–Trinajstić information content (AvgIpc) is 2.20. The van der Waals surface area contributed by atoms with Gasteiger partial charge in [-0.2, -0.15) is 0 Å². The van der Waals surface area contributed by atoms with Crippen LogP contribution in [0, 0.1) is 13.8 Å². The van der Waals surface area contributed by atoms with Gasteiger partial charge in [0.1, 0.15) is 5.75 Å². The maximum atomic E-state index is 11.5. The highest BCUT2D eigenvalue weighted by atomic mass is 16.5. The first-order valence-corrected chi connectivity index (χ1v) is 4.90. The smallest absolute Gasteiger partial charge is 0.266 e. The average molecular weight is 206 g/mol. The van der Waals surface area contributed by atoms with Crippen molar-refractivity contribution in [3.63, 3.8) is 0 Å². The Bertz CT molecular complexity index is 415. The number of ether oxygens (including phenoxy) is 1. The van der Waals surface area contributed by atoms with Crippen molar-refractivity contribution >= 4 is 11.6 Å². The number of rotatable bonds is 1. The van der Waals surface area contributed by atoms with Crippen molar-refractivity contribution in [2.45, 2.75) is 20.0 Å². The summed E-state index contributed by atoms with van der Waals surface area (Å²) in [5.74, 6) is 0.529. The Labute approximate surface area is 88.4 Å². The summed E-state index contributed by atoms with van der Waals surface area (Å²) in [5, 5.41) is 2.78. The van der Waals surface area contributed by atoms with E-state index in [1.165, 1.54) is 0 Å². The molecular formula is C11H14N2O2. The predicted octanol–water partition coefficient (Wildman–Crippen LogP) is 0.962. The predicted molar refractivity (Wildman–Crippen MR) is 58.0 cm³/mol. The lowest BCUT2D eigenvalue weighted by molar-refractivity contribution is -0.123. The zero-order valence-corrected chi connectivity index (χ0v) is 8.83. The first-order chi connectivity index (χ1) is 7.11. The molecule has 0 aliphatic carbocycles. The summed E-state index contributed by atoms with van der Waals surface area (Å²) < 4.78 is 5.49. The van der Waals surface area contributed by atoms with Crippen LogP contribution in [0.25, 0.3) is 0 Å². The zero-order chi connectivity index (χ0) is 11.0. The Balaban J connectivity index is 2.41. The van der Waals surface area contributed by atoms with Crippen molar-refractivity contribution < 1.29 is 9.53 Å². The SMILES string of the molecule is Cc1cc2c(cc1C)OC(CN)C(=O)N2. The van der Waals surface area contributed by atoms with Gasteiger partial charge in [0.15, 0.2) is 6.10 Å². The highest BCUT2D eigenvalue weighted by Crippen LogP contribution is 2.31. The van der Waals surface area contributed by atoms with E-state index < -0.39 is 6.10 Å². The molecule has 1 amide bonds. The molecule has 2 rings (SSSR count). The van der Waals surface area contributed by atoms with Gasteiger partial charge in [0.05, 0.1) is 5.69 Å². The van der Waals surface area contributed by atoms with Crippen LogP contribution in [0.5, 0.6) is 5.75 Å². The first kappa shape index (κ1) is 9.98. The lowest BCUT2D eigenvalue weighted by Crippen LogP contribution is -2.42. The van der Waals surface area contributed by atoms with Crippen LogP contribution in [0.4, 0.5) is 5.69 Å². The molecule has 1 aliphatic heterocycles. The van der Waals surface area contributed by atoms with Gasteiger partial charge in [-0.1, -0.05) is 0 Å². The molecule has 0 radical (unpaired) electrons. The van der Waals surface area contributed by atoms with Crippen LogP contribution in [0.2, 0.25) is 0 Å². The van der Waals surface area contributed by atoms with E-state index in [4.69, 9.17) is 10.5 Å². The molecule has 3 N–H and O–H groups in total. The van der Waals surface area contributed by atoms with Gasteiger partial charge >= 0.3 is 0 Å². The van der Waals surface area contributed by atoms with Crippen LogP contribution in [0.15, 0.2) is 12.1 Å². The Morgan fingerprint density at radius 3 is 2.73 bits per heavy atom. The second kappa shape index (κ2) is 3.55. The zero-order valence-electron chi connectivity index (χ0n) is 8.83. The van der Waals surface area contributed by atoms with Gasteiger partial charge in [-0.05, 0) is 37.1 Å². The molecule has 0 spiro atoms. The summed E-state index contributed by atoms with van der Waals surface area (Å²) in [4.78, 5) is 11.5. The third kappa shape index (κ3) is 1.68. The Hall–Kier alpha value is -1.55. The van der Waals surface area contributed by atoms with Gasteiger partial charge in [0.2, 0.25) is 0 Å². The van der Waals surface area contributed by atoms with Crippen LogP contribution >= 0.6 is 0 Å². The van der Waals surface area contributed by atoms with Crippen molar-refractivity contribution in [3.05, 3.63) is 23.3 Å². The van der Waals surface area contributed by atoms with Crippen molar-refractivity contribution in [1.82, 2.24) is 0 Å². The lowest BCUT2D eigenvalue weighted by Gasteiger charge is -2.25. The first-order valence-electron chi connectivity index (χ1n) is 4.90. The van der Waals surface area contributed by atoms with Gasteiger partial charge in [0.25, 0.3) is 5.91 Å². The number of nitrogens with two attached hydrogens (primary N) is 1. The Kier molecular flexibility index (Phi) is 2.36. The number of carbonyl (C=O) groups excluding carboxylic acids is 1. The monoisotopic (exact) mass is 206 g/mol. The molecule has 1 heterocycles. The van der Waals surface area contributed by atoms with E-state index in [1.54, 1.807) is 0 Å². The van der Waals surface area contributed by atoms with Gasteiger partial charge < -0.3 is 15.8 Å². The molecule has 4 nitrogen and oxygen atoms in total. The van der Waals surface area contributed by atoms with E-state index in [1.807, 2.05) is 26.0 Å². The number of fused-ring (bicyclic) bond motifs is 1. The number of nitrogens with one attached hydrogen (secondary N) is 1. The number of anilines is 1. The second-order valence-electron chi connectivity index (χ2n) is 3.76. The minimum absolute atomic E-state index is 0.173. The number of aryl methyl sites for hydroxylation is 2. The summed E-state index contributed by atoms with van der Waals surface area (Å²) >= 11 is 0. The van der Waals surface area contributed by atoms with Gasteiger partial charge in [-0.25, -0.2) is 0 Å². The van der Waals surface area contributed by atoms with Crippen LogP contribution in [0.3, 0.4) is 0 Å². The maximum Gasteiger partial charge on any atom is 0.266 e. The lowest BCUT2D eigenvalue weighted by atomic mass is 10.1. The van der Waals surface area contributed by atoms with Gasteiger partial charge in [0, 0.05) is 6.54 Å². The van der Waals surface area contributed by atoms with Crippen molar-refractivity contribution in [2.75, 3.05) is 11.9 Å². The Morgan fingerprint density at radius 1 is 1.40 bits per heavy atom. The van der Waals surface area contributed by atoms with Gasteiger partial charge in [-0.3, -0.25) is 4.79 Å². The van der Waals surface area contributed by atoms with Crippen molar-refractivity contribution in [1.29, 1.82) is 0 Å².